The van der Waals surface area contributed by atoms with Crippen LogP contribution in [0.4, 0.5) is 4.79 Å². The molecule has 4 amide bonds. The quantitative estimate of drug-likeness (QED) is 0.581. The Bertz CT molecular complexity index is 894. The van der Waals surface area contributed by atoms with Crippen LogP contribution in [0.25, 0.3) is 0 Å². The van der Waals surface area contributed by atoms with Crippen molar-refractivity contribution in [2.45, 2.75) is 58.0 Å². The third-order valence-electron chi connectivity index (χ3n) is 6.60. The summed E-state index contributed by atoms with van der Waals surface area (Å²) >= 11 is 0. The summed E-state index contributed by atoms with van der Waals surface area (Å²) in [6.07, 6.45) is 2.95. The number of ether oxygens (including phenoxy) is 2. The molecule has 1 atom stereocenters. The zero-order valence-electron chi connectivity index (χ0n) is 18.9. The summed E-state index contributed by atoms with van der Waals surface area (Å²) in [5.74, 6) is 1.32. The standard InChI is InChI=1S/C23H32N4O5/c1-14(2)20(16-4-5-17-18(12-16)32-11-10-31-17)24-13-19(28)26-27-21(29)23(25-22(27)30)8-6-15(3)7-9-23/h4-5,12,14-15,20,24H,6-11,13H2,1-3H3,(H,25,30)(H,26,28)/t15?,20-,23?/m1/s1. The summed E-state index contributed by atoms with van der Waals surface area (Å²) in [5, 5.41) is 6.90. The molecule has 9 nitrogen and oxygen atoms in total. The van der Waals surface area contributed by atoms with Gasteiger partial charge in [-0.25, -0.2) is 4.79 Å². The van der Waals surface area contributed by atoms with E-state index in [-0.39, 0.29) is 24.4 Å². The van der Waals surface area contributed by atoms with Gasteiger partial charge in [0.05, 0.1) is 6.54 Å². The molecule has 174 valence electrons. The molecule has 2 fully saturated rings. The van der Waals surface area contributed by atoms with Gasteiger partial charge in [0.1, 0.15) is 18.8 Å². The van der Waals surface area contributed by atoms with Crippen LogP contribution >= 0.6 is 0 Å². The zero-order valence-corrected chi connectivity index (χ0v) is 18.9. The highest BCUT2D eigenvalue weighted by molar-refractivity contribution is 6.08. The Kier molecular flexibility index (Phi) is 6.28. The van der Waals surface area contributed by atoms with E-state index in [1.165, 1.54) is 0 Å². The van der Waals surface area contributed by atoms with Crippen LogP contribution in [0.2, 0.25) is 0 Å². The molecule has 9 heteroatoms. The van der Waals surface area contributed by atoms with E-state index in [1.54, 1.807) is 0 Å². The van der Waals surface area contributed by atoms with Gasteiger partial charge in [0.15, 0.2) is 11.5 Å². The number of hydrogen-bond donors (Lipinski definition) is 3. The zero-order chi connectivity index (χ0) is 22.9. The Balaban J connectivity index is 1.37. The summed E-state index contributed by atoms with van der Waals surface area (Å²) in [4.78, 5) is 37.9. The van der Waals surface area contributed by atoms with Crippen molar-refractivity contribution >= 4 is 17.8 Å². The molecule has 1 saturated heterocycles. The Labute approximate surface area is 188 Å². The van der Waals surface area contributed by atoms with Crippen LogP contribution in [0, 0.1) is 11.8 Å². The molecular weight excluding hydrogens is 412 g/mol. The summed E-state index contributed by atoms with van der Waals surface area (Å²) in [6.45, 7) is 7.24. The number of urea groups is 1. The minimum absolute atomic E-state index is 0.0433. The van der Waals surface area contributed by atoms with Crippen LogP contribution < -0.4 is 25.5 Å². The molecule has 0 unspecified atom stereocenters. The Morgan fingerprint density at radius 2 is 1.88 bits per heavy atom. The average molecular weight is 445 g/mol. The van der Waals surface area contributed by atoms with E-state index >= 15 is 0 Å². The fraction of sp³-hybridized carbons (Fsp3) is 0.609. The molecule has 1 spiro atoms. The smallest absolute Gasteiger partial charge is 0.344 e. The van der Waals surface area contributed by atoms with Crippen LogP contribution in [-0.4, -0.2) is 48.2 Å². The van der Waals surface area contributed by atoms with Gasteiger partial charge in [-0.15, -0.1) is 0 Å². The molecule has 3 N–H and O–H groups in total. The Morgan fingerprint density at radius 3 is 2.56 bits per heavy atom. The predicted octanol–water partition coefficient (Wildman–Crippen LogP) is 2.28. The lowest BCUT2D eigenvalue weighted by atomic mass is 9.77. The number of hydrazine groups is 1. The summed E-state index contributed by atoms with van der Waals surface area (Å²) in [6, 6.07) is 5.07. The number of fused-ring (bicyclic) bond motifs is 1. The number of rotatable bonds is 6. The van der Waals surface area contributed by atoms with Crippen molar-refractivity contribution in [3.8, 4) is 11.5 Å². The van der Waals surface area contributed by atoms with E-state index < -0.39 is 17.5 Å². The Morgan fingerprint density at radius 1 is 1.19 bits per heavy atom. The first-order chi connectivity index (χ1) is 15.3. The summed E-state index contributed by atoms with van der Waals surface area (Å²) in [7, 11) is 0. The van der Waals surface area contributed by atoms with E-state index in [0.717, 1.165) is 23.4 Å². The Hall–Kier alpha value is -2.81. The monoisotopic (exact) mass is 444 g/mol. The second-order valence-electron chi connectivity index (χ2n) is 9.38. The van der Waals surface area contributed by atoms with Gasteiger partial charge < -0.3 is 20.1 Å². The number of carbonyl (C=O) groups is 3. The minimum Gasteiger partial charge on any atom is -0.486 e. The fourth-order valence-electron chi connectivity index (χ4n) is 4.67. The first-order valence-electron chi connectivity index (χ1n) is 11.4. The van der Waals surface area contributed by atoms with Gasteiger partial charge in [-0.2, -0.15) is 5.01 Å². The van der Waals surface area contributed by atoms with Gasteiger partial charge in [-0.05, 0) is 55.2 Å². The molecule has 1 aliphatic carbocycles. The first kappa shape index (κ1) is 22.4. The van der Waals surface area contributed by atoms with Gasteiger partial charge in [0, 0.05) is 6.04 Å². The van der Waals surface area contributed by atoms with Crippen LogP contribution in [0.15, 0.2) is 18.2 Å². The number of carbonyl (C=O) groups excluding carboxylic acids is 3. The van der Waals surface area contributed by atoms with Crippen molar-refractivity contribution in [2.24, 2.45) is 11.8 Å². The fourth-order valence-corrected chi connectivity index (χ4v) is 4.67. The van der Waals surface area contributed by atoms with Crippen LogP contribution in [0.1, 0.15) is 58.1 Å². The van der Waals surface area contributed by atoms with Crippen LogP contribution in [-0.2, 0) is 9.59 Å². The highest BCUT2D eigenvalue weighted by Crippen LogP contribution is 2.36. The summed E-state index contributed by atoms with van der Waals surface area (Å²) < 4.78 is 11.3. The number of hydrogen-bond acceptors (Lipinski definition) is 6. The molecule has 0 aromatic heterocycles. The normalized spacial score (nSPS) is 25.8. The summed E-state index contributed by atoms with van der Waals surface area (Å²) in [5.41, 5.74) is 2.58. The second kappa shape index (κ2) is 8.97. The van der Waals surface area contributed by atoms with E-state index in [1.807, 2.05) is 18.2 Å². The predicted molar refractivity (Wildman–Crippen MR) is 117 cm³/mol. The lowest BCUT2D eigenvalue weighted by Gasteiger charge is -2.33. The van der Waals surface area contributed by atoms with Crippen LogP contribution in [0.5, 0.6) is 11.5 Å². The molecule has 1 aromatic carbocycles. The van der Waals surface area contributed by atoms with Gasteiger partial charge >= 0.3 is 6.03 Å². The van der Waals surface area contributed by atoms with E-state index in [4.69, 9.17) is 9.47 Å². The molecule has 4 rings (SSSR count). The highest BCUT2D eigenvalue weighted by atomic mass is 16.6. The molecule has 0 bridgehead atoms. The van der Waals surface area contributed by atoms with E-state index in [9.17, 15) is 14.4 Å². The van der Waals surface area contributed by atoms with E-state index in [2.05, 4.69) is 36.8 Å². The van der Waals surface area contributed by atoms with Crippen molar-refractivity contribution in [2.75, 3.05) is 19.8 Å². The third-order valence-corrected chi connectivity index (χ3v) is 6.60. The average Bonchev–Trinajstić information content (AvgIpc) is 3.00. The van der Waals surface area contributed by atoms with Crippen molar-refractivity contribution in [1.82, 2.24) is 21.1 Å². The van der Waals surface area contributed by atoms with Crippen molar-refractivity contribution in [3.63, 3.8) is 0 Å². The maximum absolute atomic E-state index is 12.9. The maximum Gasteiger partial charge on any atom is 0.344 e. The van der Waals surface area contributed by atoms with Gasteiger partial charge in [-0.3, -0.25) is 15.0 Å². The number of imide groups is 1. The third kappa shape index (κ3) is 4.39. The van der Waals surface area contributed by atoms with E-state index in [0.29, 0.717) is 43.5 Å². The molecule has 2 heterocycles. The molecule has 3 aliphatic rings. The highest BCUT2D eigenvalue weighted by Gasteiger charge is 2.52. The molecule has 1 saturated carbocycles. The molecule has 32 heavy (non-hydrogen) atoms. The first-order valence-corrected chi connectivity index (χ1v) is 11.4. The van der Waals surface area contributed by atoms with Gasteiger partial charge in [0.25, 0.3) is 11.8 Å². The largest absolute Gasteiger partial charge is 0.486 e. The second-order valence-corrected chi connectivity index (χ2v) is 9.38. The lowest BCUT2D eigenvalue weighted by Crippen LogP contribution is -2.52. The van der Waals surface area contributed by atoms with Crippen molar-refractivity contribution in [3.05, 3.63) is 23.8 Å². The van der Waals surface area contributed by atoms with Gasteiger partial charge in [-0.1, -0.05) is 26.8 Å². The topological polar surface area (TPSA) is 109 Å². The van der Waals surface area contributed by atoms with Gasteiger partial charge in [0.2, 0.25) is 0 Å². The van der Waals surface area contributed by atoms with Crippen molar-refractivity contribution in [1.29, 1.82) is 0 Å². The number of nitrogens with zero attached hydrogens (tertiary/aromatic N) is 1. The molecule has 1 aromatic rings. The number of benzene rings is 1. The van der Waals surface area contributed by atoms with Crippen molar-refractivity contribution < 1.29 is 23.9 Å². The SMILES string of the molecule is CC1CCC2(CC1)NC(=O)N(NC(=O)CN[C@@H](c1ccc3c(c1)OCCO3)C(C)C)C2=O. The maximum atomic E-state index is 12.9. The number of amides is 4. The molecule has 2 aliphatic heterocycles. The molecule has 0 radical (unpaired) electrons. The molecular formula is C23H32N4O5. The minimum atomic E-state index is -0.879. The lowest BCUT2D eigenvalue weighted by molar-refractivity contribution is -0.139. The van der Waals surface area contributed by atoms with Crippen LogP contribution in [0.3, 0.4) is 0 Å². The number of nitrogens with one attached hydrogen (secondary N) is 3.